The van der Waals surface area contributed by atoms with E-state index in [1.807, 2.05) is 0 Å². The number of rotatable bonds is 4. The van der Waals surface area contributed by atoms with E-state index in [4.69, 9.17) is 0 Å². The fraction of sp³-hybridized carbons (Fsp3) is 0.238. The van der Waals surface area contributed by atoms with Crippen molar-refractivity contribution in [3.63, 3.8) is 0 Å². The van der Waals surface area contributed by atoms with Gasteiger partial charge in [0.25, 0.3) is 0 Å². The molecule has 0 amide bonds. The van der Waals surface area contributed by atoms with Gasteiger partial charge in [-0.05, 0) is 0 Å². The van der Waals surface area contributed by atoms with Crippen LogP contribution in [-0.2, 0) is 48.6 Å². The Morgan fingerprint density at radius 2 is 0.872 bits per heavy atom. The number of nitrogens with zero attached hydrogens (tertiary/aromatic N) is 2. The predicted octanol–water partition coefficient (Wildman–Crippen LogP) is 4.25. The second-order valence-electron chi connectivity index (χ2n) is 13.4. The van der Waals surface area contributed by atoms with Crippen LogP contribution in [0.5, 0.6) is 0 Å². The SMILES string of the molecule is C1=C(n2c3c(c4ccccc42)CCCC3)[CH]([Hf+2][CH]2C(n3c4c(c5ccccc53)CCCC4)=Cc3ccccc32)c2ccccc21.[Br-].[Br-]. The van der Waals surface area contributed by atoms with Gasteiger partial charge < -0.3 is 34.0 Å². The Morgan fingerprint density at radius 1 is 0.468 bits per heavy atom. The molecule has 0 N–H and O–H groups in total. The number of hydrogen-bond acceptors (Lipinski definition) is 0. The van der Waals surface area contributed by atoms with Gasteiger partial charge in [-0.3, -0.25) is 0 Å². The van der Waals surface area contributed by atoms with Gasteiger partial charge in [0.1, 0.15) is 0 Å². The zero-order valence-electron chi connectivity index (χ0n) is 26.4. The maximum atomic E-state index is 2.75. The third-order valence-corrected chi connectivity index (χ3v) is 17.8. The van der Waals surface area contributed by atoms with Crippen LogP contribution in [0.2, 0.25) is 0 Å². The molecule has 0 radical (unpaired) electrons. The van der Waals surface area contributed by atoms with Crippen LogP contribution in [0, 0.1) is 0 Å². The second-order valence-corrected chi connectivity index (χ2v) is 18.7. The molecule has 2 heterocycles. The predicted molar refractivity (Wildman–Crippen MR) is 184 cm³/mol. The van der Waals surface area contributed by atoms with Crippen molar-refractivity contribution in [3.8, 4) is 0 Å². The molecule has 2 unspecified atom stereocenters. The molecule has 0 saturated carbocycles. The molecule has 4 aromatic carbocycles. The molecular formula is C42H36Br2HfN2. The number of allylic oxidation sites excluding steroid dienone is 2. The summed E-state index contributed by atoms with van der Waals surface area (Å²) in [7, 11) is 0. The number of aromatic nitrogens is 2. The van der Waals surface area contributed by atoms with Crippen LogP contribution in [0.15, 0.2) is 97.1 Å². The average molecular weight is 907 g/mol. The fourth-order valence-corrected chi connectivity index (χ4v) is 16.2. The van der Waals surface area contributed by atoms with Crippen molar-refractivity contribution in [1.29, 1.82) is 0 Å². The maximum absolute atomic E-state index is 2.75. The molecule has 2 nitrogen and oxygen atoms in total. The maximum Gasteiger partial charge on any atom is -1.00 e. The zero-order chi connectivity index (χ0) is 29.5. The van der Waals surface area contributed by atoms with Gasteiger partial charge in [0, 0.05) is 0 Å². The topological polar surface area (TPSA) is 9.86 Å². The average Bonchev–Trinajstić information content (AvgIpc) is 3.83. The number of fused-ring (bicyclic) bond motifs is 8. The molecule has 4 aliphatic carbocycles. The van der Waals surface area contributed by atoms with Crippen molar-refractivity contribution in [3.05, 3.63) is 142 Å². The fourth-order valence-electron chi connectivity index (χ4n) is 9.10. The third-order valence-electron chi connectivity index (χ3n) is 11.0. The van der Waals surface area contributed by atoms with Crippen molar-refractivity contribution in [2.45, 2.75) is 58.7 Å². The molecule has 0 bridgehead atoms. The minimum Gasteiger partial charge on any atom is -1.00 e. The molecule has 0 spiro atoms. The van der Waals surface area contributed by atoms with E-state index >= 15 is 0 Å². The number of halogens is 2. The van der Waals surface area contributed by atoms with E-state index in [2.05, 4.69) is 118 Å². The Morgan fingerprint density at radius 3 is 1.36 bits per heavy atom. The molecule has 0 fully saturated rings. The smallest absolute Gasteiger partial charge is 1.00 e. The quantitative estimate of drug-likeness (QED) is 0.235. The molecule has 5 heteroatoms. The largest absolute Gasteiger partial charge is 1.00 e. The summed E-state index contributed by atoms with van der Waals surface area (Å²) in [6, 6.07) is 37.2. The molecule has 2 atom stereocenters. The van der Waals surface area contributed by atoms with E-state index in [0.717, 1.165) is 0 Å². The van der Waals surface area contributed by atoms with Crippen molar-refractivity contribution >= 4 is 45.4 Å². The van der Waals surface area contributed by atoms with Gasteiger partial charge in [0.2, 0.25) is 0 Å². The number of hydrogen-bond donors (Lipinski definition) is 0. The van der Waals surface area contributed by atoms with Crippen LogP contribution in [0.4, 0.5) is 0 Å². The van der Waals surface area contributed by atoms with E-state index < -0.39 is 22.9 Å². The first-order valence-electron chi connectivity index (χ1n) is 17.0. The molecule has 0 saturated heterocycles. The summed E-state index contributed by atoms with van der Waals surface area (Å²) in [5, 5.41) is 2.96. The monoisotopic (exact) mass is 906 g/mol. The Balaban J connectivity index is 0.00000162. The first kappa shape index (κ1) is 31.5. The summed E-state index contributed by atoms with van der Waals surface area (Å²) in [5.41, 5.74) is 18.4. The Bertz CT molecular complexity index is 2080. The Labute approximate surface area is 309 Å². The Kier molecular flexibility index (Phi) is 8.47. The molecule has 232 valence electrons. The molecule has 10 rings (SSSR count). The standard InChI is InChI=1S/2C21H18N.2BrH.Hf/c2*1-2-8-16-14-17(13-15(16)7-1)22-20-11-5-3-9-18(20)19-10-4-6-12-21(19)22;;;/h2*1-3,5,7-9,11,13-14H,4,6,10,12H2;2*1H;/q;;;;+2/p-2. The van der Waals surface area contributed by atoms with Crippen molar-refractivity contribution in [2.24, 2.45) is 0 Å². The summed E-state index contributed by atoms with van der Waals surface area (Å²) in [4.78, 5) is 0. The summed E-state index contributed by atoms with van der Waals surface area (Å²) < 4.78 is 6.53. The van der Waals surface area contributed by atoms with Gasteiger partial charge in [-0.15, -0.1) is 0 Å². The van der Waals surface area contributed by atoms with Gasteiger partial charge in [-0.2, -0.15) is 0 Å². The molecule has 2 aromatic heterocycles. The first-order valence-corrected chi connectivity index (χ1v) is 21.1. The molecule has 0 aliphatic heterocycles. The third kappa shape index (κ3) is 4.85. The van der Waals surface area contributed by atoms with Crippen LogP contribution in [0.1, 0.15) is 77.8 Å². The van der Waals surface area contributed by atoms with Gasteiger partial charge in [-0.1, -0.05) is 0 Å². The molecule has 6 aromatic rings. The van der Waals surface area contributed by atoms with Crippen molar-refractivity contribution in [1.82, 2.24) is 9.13 Å². The van der Waals surface area contributed by atoms with E-state index in [1.165, 1.54) is 84.3 Å². The molecule has 47 heavy (non-hydrogen) atoms. The van der Waals surface area contributed by atoms with Gasteiger partial charge in [0.15, 0.2) is 0 Å². The van der Waals surface area contributed by atoms with Crippen LogP contribution in [-0.4, -0.2) is 9.13 Å². The Hall–Kier alpha value is -2.73. The minimum atomic E-state index is -1.48. The summed E-state index contributed by atoms with van der Waals surface area (Å²) in [6.07, 6.45) is 15.2. The van der Waals surface area contributed by atoms with Gasteiger partial charge in [0.05, 0.1) is 0 Å². The van der Waals surface area contributed by atoms with E-state index in [1.54, 1.807) is 45.0 Å². The van der Waals surface area contributed by atoms with Crippen molar-refractivity contribution in [2.75, 3.05) is 0 Å². The number of benzene rings is 4. The zero-order valence-corrected chi connectivity index (χ0v) is 33.1. The van der Waals surface area contributed by atoms with Crippen LogP contribution in [0.25, 0.3) is 45.4 Å². The molecular weight excluding hydrogens is 871 g/mol. The van der Waals surface area contributed by atoms with Gasteiger partial charge >= 0.3 is 278 Å². The normalized spacial score (nSPS) is 19.1. The summed E-state index contributed by atoms with van der Waals surface area (Å²) in [5.74, 6) is 0. The van der Waals surface area contributed by atoms with E-state index in [-0.39, 0.29) is 34.0 Å². The first-order chi connectivity index (χ1) is 22.3. The van der Waals surface area contributed by atoms with Crippen molar-refractivity contribution < 1.29 is 56.9 Å². The van der Waals surface area contributed by atoms with E-state index in [0.29, 0.717) is 7.35 Å². The van der Waals surface area contributed by atoms with E-state index in [9.17, 15) is 0 Å². The van der Waals surface area contributed by atoms with Crippen LogP contribution < -0.4 is 34.0 Å². The second kappa shape index (κ2) is 12.6. The summed E-state index contributed by atoms with van der Waals surface area (Å²) >= 11 is -1.48. The van der Waals surface area contributed by atoms with Gasteiger partial charge in [-0.25, -0.2) is 0 Å². The number of aryl methyl sites for hydroxylation is 2. The minimum absolute atomic E-state index is 0. The van der Waals surface area contributed by atoms with Crippen LogP contribution in [0.3, 0.4) is 0 Å². The summed E-state index contributed by atoms with van der Waals surface area (Å²) in [6.45, 7) is 0. The van der Waals surface area contributed by atoms with Crippen LogP contribution >= 0.6 is 0 Å². The number of para-hydroxylation sites is 2. The molecule has 4 aliphatic rings.